The van der Waals surface area contributed by atoms with E-state index >= 15 is 0 Å². The second-order valence-electron chi connectivity index (χ2n) is 5.53. The van der Waals surface area contributed by atoms with Crippen LogP contribution in [-0.4, -0.2) is 8.42 Å². The first-order valence-electron chi connectivity index (χ1n) is 7.22. The third kappa shape index (κ3) is 4.85. The molecule has 124 valence electrons. The van der Waals surface area contributed by atoms with Crippen LogP contribution in [0.1, 0.15) is 16.7 Å². The Balaban J connectivity index is 2.22. The van der Waals surface area contributed by atoms with Gasteiger partial charge in [0.15, 0.2) is 14.7 Å². The molecule has 0 aromatic heterocycles. The van der Waals surface area contributed by atoms with Gasteiger partial charge >= 0.3 is 0 Å². The Kier molecular flexibility index (Phi) is 5.66. The molecule has 0 atom stereocenters. The highest BCUT2D eigenvalue weighted by Gasteiger charge is 2.18. The van der Waals surface area contributed by atoms with Crippen LogP contribution in [0, 0.1) is 25.2 Å². The summed E-state index contributed by atoms with van der Waals surface area (Å²) < 4.78 is 24.8. The number of halogens is 1. The minimum Gasteiger partial charge on any atom is -0.360 e. The summed E-state index contributed by atoms with van der Waals surface area (Å²) in [7, 11) is -3.73. The minimum atomic E-state index is -3.73. The molecule has 2 aromatic rings. The average molecular weight is 361 g/mol. The Morgan fingerprint density at radius 1 is 1.17 bits per heavy atom. The van der Waals surface area contributed by atoms with Crippen LogP contribution in [0.4, 0.5) is 5.69 Å². The molecule has 0 unspecified atom stereocenters. The molecule has 0 spiro atoms. The fourth-order valence-electron chi connectivity index (χ4n) is 2.28. The number of hydrogen-bond donors (Lipinski definition) is 1. The lowest BCUT2D eigenvalue weighted by atomic mass is 10.1. The largest absolute Gasteiger partial charge is 0.360 e. The van der Waals surface area contributed by atoms with Crippen LogP contribution in [0.25, 0.3) is 0 Å². The lowest BCUT2D eigenvalue weighted by molar-refractivity contribution is 0.602. The smallest absolute Gasteiger partial charge is 0.193 e. The Morgan fingerprint density at radius 3 is 2.29 bits per heavy atom. The summed E-state index contributed by atoms with van der Waals surface area (Å²) in [4.78, 5) is -0.309. The molecule has 24 heavy (non-hydrogen) atoms. The van der Waals surface area contributed by atoms with Gasteiger partial charge in [-0.1, -0.05) is 29.8 Å². The molecule has 0 aliphatic heterocycles. The van der Waals surface area contributed by atoms with Crippen molar-refractivity contribution in [3.05, 3.63) is 75.3 Å². The summed E-state index contributed by atoms with van der Waals surface area (Å²) in [6, 6.07) is 14.0. The van der Waals surface area contributed by atoms with Gasteiger partial charge in [0.2, 0.25) is 0 Å². The highest BCUT2D eigenvalue weighted by Crippen LogP contribution is 2.18. The number of aryl methyl sites for hydroxylation is 2. The van der Waals surface area contributed by atoms with E-state index in [2.05, 4.69) is 5.32 Å². The molecule has 0 heterocycles. The van der Waals surface area contributed by atoms with Gasteiger partial charge in [0.25, 0.3) is 0 Å². The summed E-state index contributed by atoms with van der Waals surface area (Å²) in [6.45, 7) is 3.90. The second-order valence-corrected chi connectivity index (χ2v) is 7.92. The van der Waals surface area contributed by atoms with E-state index in [0.29, 0.717) is 10.6 Å². The zero-order valence-electron chi connectivity index (χ0n) is 13.4. The van der Waals surface area contributed by atoms with Crippen LogP contribution in [0.3, 0.4) is 0 Å². The second kappa shape index (κ2) is 7.52. The van der Waals surface area contributed by atoms with Crippen LogP contribution >= 0.6 is 11.6 Å². The average Bonchev–Trinajstić information content (AvgIpc) is 2.49. The Hall–Kier alpha value is -2.29. The van der Waals surface area contributed by atoms with E-state index in [4.69, 9.17) is 11.6 Å². The van der Waals surface area contributed by atoms with Crippen molar-refractivity contribution < 1.29 is 8.42 Å². The molecular weight excluding hydrogens is 344 g/mol. The number of rotatable bonds is 5. The number of allylic oxidation sites excluding steroid dienone is 1. The van der Waals surface area contributed by atoms with Crippen molar-refractivity contribution in [3.8, 4) is 6.07 Å². The number of sulfone groups is 1. The zero-order valence-corrected chi connectivity index (χ0v) is 14.9. The Bertz CT molecular complexity index is 891. The van der Waals surface area contributed by atoms with Crippen molar-refractivity contribution in [1.82, 2.24) is 0 Å². The molecule has 2 rings (SSSR count). The summed E-state index contributed by atoms with van der Waals surface area (Å²) >= 11 is 5.79. The van der Waals surface area contributed by atoms with Crippen molar-refractivity contribution in [1.29, 1.82) is 5.26 Å². The van der Waals surface area contributed by atoms with E-state index < -0.39 is 9.84 Å². The fraction of sp³-hybridized carbons (Fsp3) is 0.167. The van der Waals surface area contributed by atoms with E-state index in [1.165, 1.54) is 6.20 Å². The van der Waals surface area contributed by atoms with E-state index in [9.17, 15) is 13.7 Å². The summed E-state index contributed by atoms with van der Waals surface area (Å²) in [6.07, 6.45) is 1.24. The van der Waals surface area contributed by atoms with Gasteiger partial charge in [-0.05, 0) is 54.8 Å². The maximum atomic E-state index is 12.4. The van der Waals surface area contributed by atoms with Gasteiger partial charge in [-0.25, -0.2) is 8.42 Å². The van der Waals surface area contributed by atoms with Crippen molar-refractivity contribution in [3.63, 3.8) is 0 Å². The zero-order chi connectivity index (χ0) is 17.7. The van der Waals surface area contributed by atoms with Crippen LogP contribution in [0.15, 0.2) is 53.6 Å². The number of nitriles is 1. The van der Waals surface area contributed by atoms with Crippen LogP contribution in [-0.2, 0) is 15.6 Å². The van der Waals surface area contributed by atoms with Crippen LogP contribution in [0.2, 0.25) is 5.02 Å². The third-order valence-electron chi connectivity index (χ3n) is 3.31. The van der Waals surface area contributed by atoms with Gasteiger partial charge < -0.3 is 5.32 Å². The molecule has 0 saturated heterocycles. The number of nitrogens with zero attached hydrogens (tertiary/aromatic N) is 1. The number of anilines is 1. The first-order chi connectivity index (χ1) is 11.3. The molecule has 0 amide bonds. The lowest BCUT2D eigenvalue weighted by Gasteiger charge is -2.07. The molecule has 6 heteroatoms. The van der Waals surface area contributed by atoms with E-state index in [1.807, 2.05) is 32.0 Å². The standard InChI is InChI=1S/C18H17ClN2O2S/c1-13-7-14(2)9-17(8-13)21-11-18(10-20)24(22,23)12-15-3-5-16(19)6-4-15/h3-9,11,21H,12H2,1-2H3. The monoisotopic (exact) mass is 360 g/mol. The van der Waals surface area contributed by atoms with Gasteiger partial charge in [0.05, 0.1) is 5.75 Å². The van der Waals surface area contributed by atoms with Gasteiger partial charge in [-0.15, -0.1) is 0 Å². The maximum absolute atomic E-state index is 12.4. The minimum absolute atomic E-state index is 0.252. The van der Waals surface area contributed by atoms with Gasteiger partial charge in [0, 0.05) is 16.9 Å². The predicted octanol–water partition coefficient (Wildman–Crippen LogP) is 4.35. The molecule has 2 aromatic carbocycles. The number of nitrogens with one attached hydrogen (secondary N) is 1. The van der Waals surface area contributed by atoms with Gasteiger partial charge in [0.1, 0.15) is 6.07 Å². The molecule has 0 fully saturated rings. The molecule has 0 aliphatic rings. The molecule has 1 N–H and O–H groups in total. The van der Waals surface area contributed by atoms with E-state index in [-0.39, 0.29) is 10.7 Å². The topological polar surface area (TPSA) is 70.0 Å². The molecule has 0 saturated carbocycles. The Morgan fingerprint density at radius 2 is 1.75 bits per heavy atom. The molecule has 0 aliphatic carbocycles. The predicted molar refractivity (Wildman–Crippen MR) is 97.3 cm³/mol. The third-order valence-corrected chi connectivity index (χ3v) is 5.15. The van der Waals surface area contributed by atoms with Gasteiger partial charge in [-0.3, -0.25) is 0 Å². The van der Waals surface area contributed by atoms with Crippen molar-refractivity contribution in [2.45, 2.75) is 19.6 Å². The van der Waals surface area contributed by atoms with Crippen molar-refractivity contribution in [2.75, 3.05) is 5.32 Å². The normalized spacial score (nSPS) is 11.8. The quantitative estimate of drug-likeness (QED) is 0.805. The van der Waals surface area contributed by atoms with E-state index in [1.54, 1.807) is 30.3 Å². The SMILES string of the molecule is Cc1cc(C)cc(NC=C(C#N)S(=O)(=O)Cc2ccc(Cl)cc2)c1. The lowest BCUT2D eigenvalue weighted by Crippen LogP contribution is -2.08. The maximum Gasteiger partial charge on any atom is 0.193 e. The Labute approximate surface area is 147 Å². The highest BCUT2D eigenvalue weighted by molar-refractivity contribution is 7.94. The summed E-state index contributed by atoms with van der Waals surface area (Å²) in [5.74, 6) is -0.252. The summed E-state index contributed by atoms with van der Waals surface area (Å²) in [5.41, 5.74) is 3.41. The molecule has 0 radical (unpaired) electrons. The highest BCUT2D eigenvalue weighted by atomic mass is 35.5. The first kappa shape index (κ1) is 18.1. The molecule has 0 bridgehead atoms. The van der Waals surface area contributed by atoms with Gasteiger partial charge in [-0.2, -0.15) is 5.26 Å². The molecule has 4 nitrogen and oxygen atoms in total. The number of hydrogen-bond acceptors (Lipinski definition) is 4. The van der Waals surface area contributed by atoms with Crippen LogP contribution in [0.5, 0.6) is 0 Å². The fourth-order valence-corrected chi connectivity index (χ4v) is 3.57. The summed E-state index contributed by atoms with van der Waals surface area (Å²) in [5, 5.41) is 12.6. The number of benzene rings is 2. The van der Waals surface area contributed by atoms with Crippen LogP contribution < -0.4 is 5.32 Å². The molecular formula is C18H17ClN2O2S. The van der Waals surface area contributed by atoms with Crippen molar-refractivity contribution >= 4 is 27.1 Å². The van der Waals surface area contributed by atoms with E-state index in [0.717, 1.165) is 16.8 Å². The van der Waals surface area contributed by atoms with Crippen molar-refractivity contribution in [2.24, 2.45) is 0 Å². The first-order valence-corrected chi connectivity index (χ1v) is 9.25.